The number of carbonyl (C=O) groups is 2. The molecule has 4 nitrogen and oxygen atoms in total. The fraction of sp³-hybridized carbons (Fsp3) is 0.538. The molecule has 1 amide bonds. The van der Waals surface area contributed by atoms with E-state index in [0.717, 1.165) is 12.8 Å². The molecule has 2 heterocycles. The van der Waals surface area contributed by atoms with Gasteiger partial charge in [-0.15, -0.1) is 6.58 Å². The van der Waals surface area contributed by atoms with Crippen molar-refractivity contribution in [3.05, 3.63) is 24.8 Å². The van der Waals surface area contributed by atoms with Crippen LogP contribution in [0.4, 0.5) is 0 Å². The van der Waals surface area contributed by atoms with E-state index in [2.05, 4.69) is 6.58 Å². The average molecular weight is 235 g/mol. The van der Waals surface area contributed by atoms with Crippen molar-refractivity contribution in [1.29, 1.82) is 0 Å². The molecule has 0 spiro atoms. The molecule has 2 aliphatic heterocycles. The smallest absolute Gasteiger partial charge is 0.335 e. The lowest BCUT2D eigenvalue weighted by molar-refractivity contribution is -0.156. The van der Waals surface area contributed by atoms with Crippen LogP contribution in [0.3, 0.4) is 0 Å². The Kier molecular flexibility index (Phi) is 3.05. The summed E-state index contributed by atoms with van der Waals surface area (Å²) >= 11 is 0. The number of methoxy groups -OCH3 is 1. The Labute approximate surface area is 101 Å². The van der Waals surface area contributed by atoms with E-state index in [0.29, 0.717) is 12.8 Å². The van der Waals surface area contributed by atoms with Crippen molar-refractivity contribution in [2.75, 3.05) is 7.11 Å². The van der Waals surface area contributed by atoms with E-state index in [4.69, 9.17) is 4.74 Å². The van der Waals surface area contributed by atoms with Gasteiger partial charge in [0.1, 0.15) is 0 Å². The molecular formula is C13H17NO3. The Hall–Kier alpha value is -1.58. The highest BCUT2D eigenvalue weighted by Crippen LogP contribution is 2.38. The quantitative estimate of drug-likeness (QED) is 0.537. The highest BCUT2D eigenvalue weighted by atomic mass is 16.5. The lowest BCUT2D eigenvalue weighted by Gasteiger charge is -2.35. The Bertz CT molecular complexity index is 388. The first-order valence-electron chi connectivity index (χ1n) is 5.86. The summed E-state index contributed by atoms with van der Waals surface area (Å²) in [6.07, 6.45) is 8.13. The summed E-state index contributed by atoms with van der Waals surface area (Å²) in [5, 5.41) is 0. The molecule has 0 bridgehead atoms. The van der Waals surface area contributed by atoms with Gasteiger partial charge in [-0.25, -0.2) is 4.79 Å². The monoisotopic (exact) mass is 235 g/mol. The Morgan fingerprint density at radius 2 is 2.47 bits per heavy atom. The van der Waals surface area contributed by atoms with Gasteiger partial charge in [0.2, 0.25) is 5.91 Å². The zero-order valence-corrected chi connectivity index (χ0v) is 10.0. The molecule has 0 aromatic heterocycles. The van der Waals surface area contributed by atoms with Crippen LogP contribution >= 0.6 is 0 Å². The molecule has 0 aliphatic carbocycles. The number of hydrogen-bond donors (Lipinski definition) is 0. The van der Waals surface area contributed by atoms with Crippen LogP contribution in [0.5, 0.6) is 0 Å². The van der Waals surface area contributed by atoms with Gasteiger partial charge in [-0.3, -0.25) is 4.79 Å². The second-order valence-corrected chi connectivity index (χ2v) is 4.46. The molecule has 0 aromatic carbocycles. The third-order valence-electron chi connectivity index (χ3n) is 3.61. The zero-order valence-electron chi connectivity index (χ0n) is 10.0. The normalized spacial score (nSPS) is 31.9. The summed E-state index contributed by atoms with van der Waals surface area (Å²) in [7, 11) is 1.35. The average Bonchev–Trinajstić information content (AvgIpc) is 2.63. The topological polar surface area (TPSA) is 46.6 Å². The molecule has 2 rings (SSSR count). The van der Waals surface area contributed by atoms with Crippen molar-refractivity contribution in [1.82, 2.24) is 4.90 Å². The molecule has 17 heavy (non-hydrogen) atoms. The maximum absolute atomic E-state index is 12.1. The molecule has 0 unspecified atom stereocenters. The fourth-order valence-corrected chi connectivity index (χ4v) is 2.74. The maximum atomic E-state index is 12.1. The number of nitrogens with zero attached hydrogens (tertiary/aromatic N) is 1. The molecule has 2 atom stereocenters. The molecule has 2 aliphatic rings. The molecule has 0 radical (unpaired) electrons. The van der Waals surface area contributed by atoms with Crippen LogP contribution in [0.1, 0.15) is 25.7 Å². The number of allylic oxidation sites excluding steroid dienone is 1. The Morgan fingerprint density at radius 3 is 3.12 bits per heavy atom. The summed E-state index contributed by atoms with van der Waals surface area (Å²) in [4.78, 5) is 25.7. The molecule has 92 valence electrons. The first kappa shape index (κ1) is 11.9. The third-order valence-corrected chi connectivity index (χ3v) is 3.61. The van der Waals surface area contributed by atoms with E-state index in [1.807, 2.05) is 12.2 Å². The molecule has 0 N–H and O–H groups in total. The van der Waals surface area contributed by atoms with E-state index < -0.39 is 11.5 Å². The number of rotatable bonds is 2. The van der Waals surface area contributed by atoms with Gasteiger partial charge in [0.25, 0.3) is 0 Å². The summed E-state index contributed by atoms with van der Waals surface area (Å²) in [5.74, 6) is -0.388. The molecule has 1 saturated heterocycles. The largest absolute Gasteiger partial charge is 0.467 e. The summed E-state index contributed by atoms with van der Waals surface area (Å²) < 4.78 is 4.84. The highest BCUT2D eigenvalue weighted by Gasteiger charge is 2.52. The fourth-order valence-electron chi connectivity index (χ4n) is 2.74. The van der Waals surface area contributed by atoms with Crippen LogP contribution in [0.15, 0.2) is 24.8 Å². The van der Waals surface area contributed by atoms with E-state index in [9.17, 15) is 9.59 Å². The minimum absolute atomic E-state index is 0.00194. The van der Waals surface area contributed by atoms with Crippen LogP contribution < -0.4 is 0 Å². The van der Waals surface area contributed by atoms with Crippen LogP contribution in [0.2, 0.25) is 0 Å². The number of esters is 1. The summed E-state index contributed by atoms with van der Waals surface area (Å²) in [5.41, 5.74) is -0.967. The lowest BCUT2D eigenvalue weighted by atomic mass is 9.96. The van der Waals surface area contributed by atoms with Crippen molar-refractivity contribution in [2.24, 2.45) is 0 Å². The van der Waals surface area contributed by atoms with E-state index in [1.54, 1.807) is 11.0 Å². The number of ether oxygens (including phenoxy) is 1. The predicted molar refractivity (Wildman–Crippen MR) is 63.2 cm³/mol. The maximum Gasteiger partial charge on any atom is 0.335 e. The number of hydrogen-bond acceptors (Lipinski definition) is 3. The Morgan fingerprint density at radius 1 is 1.71 bits per heavy atom. The minimum atomic E-state index is -0.967. The van der Waals surface area contributed by atoms with Gasteiger partial charge in [0.05, 0.1) is 13.2 Å². The second kappa shape index (κ2) is 4.35. The van der Waals surface area contributed by atoms with Gasteiger partial charge >= 0.3 is 5.97 Å². The van der Waals surface area contributed by atoms with E-state index >= 15 is 0 Å². The van der Waals surface area contributed by atoms with Crippen molar-refractivity contribution >= 4 is 11.9 Å². The van der Waals surface area contributed by atoms with Gasteiger partial charge in [-0.1, -0.05) is 18.2 Å². The lowest BCUT2D eigenvalue weighted by Crippen LogP contribution is -2.54. The minimum Gasteiger partial charge on any atom is -0.467 e. The SMILES string of the molecule is C=C[C@]1(C(=O)OC)CC[C@@H]2C=CCCC(=O)N21. The van der Waals surface area contributed by atoms with Crippen molar-refractivity contribution in [3.8, 4) is 0 Å². The molecule has 1 fully saturated rings. The van der Waals surface area contributed by atoms with Gasteiger partial charge in [0.15, 0.2) is 5.54 Å². The second-order valence-electron chi connectivity index (χ2n) is 4.46. The van der Waals surface area contributed by atoms with Gasteiger partial charge in [-0.2, -0.15) is 0 Å². The van der Waals surface area contributed by atoms with E-state index in [-0.39, 0.29) is 11.9 Å². The van der Waals surface area contributed by atoms with Gasteiger partial charge in [0, 0.05) is 6.42 Å². The van der Waals surface area contributed by atoms with Crippen LogP contribution in [0, 0.1) is 0 Å². The van der Waals surface area contributed by atoms with E-state index in [1.165, 1.54) is 7.11 Å². The van der Waals surface area contributed by atoms with Crippen molar-refractivity contribution in [3.63, 3.8) is 0 Å². The Balaban J connectivity index is 2.41. The van der Waals surface area contributed by atoms with Crippen LogP contribution in [0.25, 0.3) is 0 Å². The van der Waals surface area contributed by atoms with Gasteiger partial charge in [-0.05, 0) is 19.3 Å². The highest BCUT2D eigenvalue weighted by molar-refractivity contribution is 5.91. The van der Waals surface area contributed by atoms with Crippen LogP contribution in [-0.2, 0) is 14.3 Å². The molecule has 0 aromatic rings. The third kappa shape index (κ3) is 1.68. The van der Waals surface area contributed by atoms with Gasteiger partial charge < -0.3 is 9.64 Å². The number of fused-ring (bicyclic) bond motifs is 1. The summed E-state index contributed by atoms with van der Waals surface area (Å²) in [6, 6.07) is 0.00194. The molecule has 4 heteroatoms. The predicted octanol–water partition coefficient (Wildman–Crippen LogP) is 1.43. The van der Waals surface area contributed by atoms with Crippen molar-refractivity contribution < 1.29 is 14.3 Å². The number of amides is 1. The first-order valence-corrected chi connectivity index (χ1v) is 5.86. The number of carbonyl (C=O) groups excluding carboxylic acids is 2. The summed E-state index contributed by atoms with van der Waals surface area (Å²) in [6.45, 7) is 3.72. The molecule has 0 saturated carbocycles. The van der Waals surface area contributed by atoms with Crippen molar-refractivity contribution in [2.45, 2.75) is 37.3 Å². The standard InChI is InChI=1S/C13H17NO3/c1-3-13(12(16)17-2)9-8-10-6-4-5-7-11(15)14(10)13/h3-4,6,10H,1,5,7-9H2,2H3/t10-,13+/m0/s1. The zero-order chi connectivity index (χ0) is 12.5. The molecular weight excluding hydrogens is 218 g/mol. The van der Waals surface area contributed by atoms with Crippen LogP contribution in [-0.4, -0.2) is 35.5 Å². The first-order chi connectivity index (χ1) is 8.15.